The molecule has 5 nitrogen and oxygen atoms in total. The van der Waals surface area contributed by atoms with Crippen LogP contribution in [0.5, 0.6) is 5.75 Å². The molecule has 0 bridgehead atoms. The van der Waals surface area contributed by atoms with Gasteiger partial charge in [-0.1, -0.05) is 0 Å². The van der Waals surface area contributed by atoms with Gasteiger partial charge in [-0.05, 0) is 38.5 Å². The van der Waals surface area contributed by atoms with Gasteiger partial charge in [0.05, 0.1) is 17.8 Å². The average Bonchev–Trinajstić information content (AvgIpc) is 2.41. The van der Waals surface area contributed by atoms with Crippen LogP contribution in [-0.2, 0) is 11.3 Å². The number of nitrogens with zero attached hydrogens (tertiary/aromatic N) is 1. The average molecular weight is 303 g/mol. The second kappa shape index (κ2) is 5.74. The third-order valence-electron chi connectivity index (χ3n) is 4.07. The molecule has 2 heterocycles. The molecule has 22 heavy (non-hydrogen) atoms. The van der Waals surface area contributed by atoms with Gasteiger partial charge >= 0.3 is 5.63 Å². The summed E-state index contributed by atoms with van der Waals surface area (Å²) in [6.07, 6.45) is 0.296. The zero-order valence-corrected chi connectivity index (χ0v) is 13.1. The largest absolute Gasteiger partial charge is 0.507 e. The van der Waals surface area contributed by atoms with Gasteiger partial charge in [-0.25, -0.2) is 4.79 Å². The van der Waals surface area contributed by atoms with E-state index in [-0.39, 0.29) is 23.6 Å². The Kier molecular flexibility index (Phi) is 3.93. The van der Waals surface area contributed by atoms with Gasteiger partial charge < -0.3 is 14.3 Å². The molecule has 2 atom stereocenters. The maximum absolute atomic E-state index is 11.7. The molecule has 3 rings (SSSR count). The molecule has 1 aliphatic rings. The summed E-state index contributed by atoms with van der Waals surface area (Å²) in [5, 5.41) is 11.1. The number of aryl methyl sites for hydroxylation is 1. The number of aromatic hydroxyl groups is 1. The third-order valence-corrected chi connectivity index (χ3v) is 4.07. The first-order valence-electron chi connectivity index (χ1n) is 7.57. The standard InChI is InChI=1S/C17H21NO4/c1-10-6-16(20)22-17-13(10)4-5-15(19)14(17)9-18-7-11(2)21-12(3)8-18/h4-6,11-12,19H,7-9H2,1-3H3/t11-,12+. The Balaban J connectivity index is 2.02. The van der Waals surface area contributed by atoms with Gasteiger partial charge in [0.15, 0.2) is 0 Å². The zero-order valence-electron chi connectivity index (χ0n) is 13.1. The Morgan fingerprint density at radius 1 is 1.27 bits per heavy atom. The SMILES string of the molecule is Cc1cc(=O)oc2c(CN3C[C@@H](C)O[C@@H](C)C3)c(O)ccc12. The first-order valence-corrected chi connectivity index (χ1v) is 7.57. The van der Waals surface area contributed by atoms with Crippen LogP contribution < -0.4 is 5.63 Å². The lowest BCUT2D eigenvalue weighted by molar-refractivity contribution is -0.0705. The molecular weight excluding hydrogens is 282 g/mol. The zero-order chi connectivity index (χ0) is 15.9. The molecule has 0 aliphatic carbocycles. The van der Waals surface area contributed by atoms with Crippen molar-refractivity contribution in [3.05, 3.63) is 39.7 Å². The number of ether oxygens (including phenoxy) is 1. The van der Waals surface area contributed by atoms with Crippen molar-refractivity contribution in [2.45, 2.75) is 39.5 Å². The maximum Gasteiger partial charge on any atom is 0.336 e. The minimum absolute atomic E-state index is 0.148. The summed E-state index contributed by atoms with van der Waals surface area (Å²) in [5.41, 5.74) is 1.62. The second-order valence-electron chi connectivity index (χ2n) is 6.14. The highest BCUT2D eigenvalue weighted by Gasteiger charge is 2.24. The summed E-state index contributed by atoms with van der Waals surface area (Å²) in [7, 11) is 0. The van der Waals surface area contributed by atoms with Crippen LogP contribution in [0.3, 0.4) is 0 Å². The molecule has 2 aromatic rings. The topological polar surface area (TPSA) is 62.9 Å². The Bertz CT molecular complexity index is 742. The van der Waals surface area contributed by atoms with Crippen LogP contribution in [0, 0.1) is 6.92 Å². The number of phenols is 1. The number of benzene rings is 1. The lowest BCUT2D eigenvalue weighted by Crippen LogP contribution is -2.44. The van der Waals surface area contributed by atoms with Crippen LogP contribution in [0.1, 0.15) is 25.0 Å². The van der Waals surface area contributed by atoms with Crippen LogP contribution in [0.25, 0.3) is 11.0 Å². The summed E-state index contributed by atoms with van der Waals surface area (Å²) in [6, 6.07) is 4.93. The van der Waals surface area contributed by atoms with Crippen molar-refractivity contribution in [3.8, 4) is 5.75 Å². The van der Waals surface area contributed by atoms with Crippen LogP contribution in [0.2, 0.25) is 0 Å². The fourth-order valence-corrected chi connectivity index (χ4v) is 3.22. The molecule has 1 fully saturated rings. The molecule has 0 amide bonds. The number of hydrogen-bond donors (Lipinski definition) is 1. The molecule has 0 radical (unpaired) electrons. The van der Waals surface area contributed by atoms with Crippen molar-refractivity contribution < 1.29 is 14.3 Å². The van der Waals surface area contributed by atoms with Crippen molar-refractivity contribution in [2.24, 2.45) is 0 Å². The predicted octanol–water partition coefficient (Wildman–Crippen LogP) is 2.42. The van der Waals surface area contributed by atoms with Crippen molar-refractivity contribution in [1.82, 2.24) is 4.90 Å². The van der Waals surface area contributed by atoms with Gasteiger partial charge in [-0.3, -0.25) is 4.90 Å². The van der Waals surface area contributed by atoms with Crippen LogP contribution in [0.4, 0.5) is 0 Å². The van der Waals surface area contributed by atoms with E-state index in [1.54, 1.807) is 12.1 Å². The van der Waals surface area contributed by atoms with Gasteiger partial charge in [0.1, 0.15) is 11.3 Å². The van der Waals surface area contributed by atoms with E-state index in [2.05, 4.69) is 4.90 Å². The van der Waals surface area contributed by atoms with E-state index in [0.29, 0.717) is 17.7 Å². The molecular formula is C17H21NO4. The van der Waals surface area contributed by atoms with E-state index in [0.717, 1.165) is 24.0 Å². The number of phenolic OH excluding ortho intramolecular Hbond substituents is 1. The number of fused-ring (bicyclic) bond motifs is 1. The summed E-state index contributed by atoms with van der Waals surface area (Å²) in [4.78, 5) is 13.9. The molecule has 1 aromatic heterocycles. The molecule has 0 spiro atoms. The minimum atomic E-state index is -0.388. The molecule has 118 valence electrons. The monoisotopic (exact) mass is 303 g/mol. The fraction of sp³-hybridized carbons (Fsp3) is 0.471. The first kappa shape index (κ1) is 15.1. The van der Waals surface area contributed by atoms with Crippen LogP contribution in [0.15, 0.2) is 27.4 Å². The molecule has 1 aliphatic heterocycles. The van der Waals surface area contributed by atoms with E-state index >= 15 is 0 Å². The van der Waals surface area contributed by atoms with E-state index in [4.69, 9.17) is 9.15 Å². The Morgan fingerprint density at radius 2 is 1.95 bits per heavy atom. The molecule has 1 aromatic carbocycles. The summed E-state index contributed by atoms with van der Waals surface area (Å²) >= 11 is 0. The smallest absolute Gasteiger partial charge is 0.336 e. The minimum Gasteiger partial charge on any atom is -0.507 e. The highest BCUT2D eigenvalue weighted by Crippen LogP contribution is 2.30. The van der Waals surface area contributed by atoms with Crippen molar-refractivity contribution >= 4 is 11.0 Å². The lowest BCUT2D eigenvalue weighted by Gasteiger charge is -2.35. The van der Waals surface area contributed by atoms with E-state index in [1.807, 2.05) is 20.8 Å². The molecule has 5 heteroatoms. The fourth-order valence-electron chi connectivity index (χ4n) is 3.22. The van der Waals surface area contributed by atoms with E-state index < -0.39 is 0 Å². The van der Waals surface area contributed by atoms with Crippen LogP contribution >= 0.6 is 0 Å². The third kappa shape index (κ3) is 2.87. The van der Waals surface area contributed by atoms with Gasteiger partial charge in [-0.15, -0.1) is 0 Å². The number of rotatable bonds is 2. The van der Waals surface area contributed by atoms with Crippen LogP contribution in [-0.4, -0.2) is 35.3 Å². The Morgan fingerprint density at radius 3 is 2.64 bits per heavy atom. The Labute approximate surface area is 129 Å². The normalized spacial score (nSPS) is 23.0. The molecule has 1 N–H and O–H groups in total. The summed E-state index contributed by atoms with van der Waals surface area (Å²) in [6.45, 7) is 8.06. The van der Waals surface area contributed by atoms with Crippen molar-refractivity contribution in [2.75, 3.05) is 13.1 Å². The predicted molar refractivity (Wildman–Crippen MR) is 84.2 cm³/mol. The maximum atomic E-state index is 11.7. The van der Waals surface area contributed by atoms with E-state index in [9.17, 15) is 9.90 Å². The second-order valence-corrected chi connectivity index (χ2v) is 6.14. The van der Waals surface area contributed by atoms with Crippen molar-refractivity contribution in [1.29, 1.82) is 0 Å². The van der Waals surface area contributed by atoms with Gasteiger partial charge in [-0.2, -0.15) is 0 Å². The van der Waals surface area contributed by atoms with Gasteiger partial charge in [0.2, 0.25) is 0 Å². The van der Waals surface area contributed by atoms with Gasteiger partial charge in [0.25, 0.3) is 0 Å². The number of morpholine rings is 1. The lowest BCUT2D eigenvalue weighted by atomic mass is 10.1. The van der Waals surface area contributed by atoms with Crippen molar-refractivity contribution in [3.63, 3.8) is 0 Å². The van der Waals surface area contributed by atoms with Gasteiger partial charge in [0, 0.05) is 31.1 Å². The quantitative estimate of drug-likeness (QED) is 0.863. The van der Waals surface area contributed by atoms with E-state index in [1.165, 1.54) is 6.07 Å². The molecule has 0 unspecified atom stereocenters. The Hall–Kier alpha value is -1.85. The summed E-state index contributed by atoms with van der Waals surface area (Å²) < 4.78 is 11.1. The molecule has 1 saturated heterocycles. The highest BCUT2D eigenvalue weighted by molar-refractivity contribution is 5.84. The first-order chi connectivity index (χ1) is 10.4. The molecule has 0 saturated carbocycles. The highest BCUT2D eigenvalue weighted by atomic mass is 16.5. The number of hydrogen-bond acceptors (Lipinski definition) is 5. The summed E-state index contributed by atoms with van der Waals surface area (Å²) in [5.74, 6) is 0.160.